The summed E-state index contributed by atoms with van der Waals surface area (Å²) in [6, 6.07) is 7.48. The van der Waals surface area contributed by atoms with Crippen molar-refractivity contribution in [3.05, 3.63) is 29.8 Å². The molecule has 0 bridgehead atoms. The van der Waals surface area contributed by atoms with Crippen molar-refractivity contribution in [2.75, 3.05) is 13.0 Å². The van der Waals surface area contributed by atoms with Gasteiger partial charge in [0.2, 0.25) is 0 Å². The number of hydrogen-bond acceptors (Lipinski definition) is 3. The first-order valence-corrected chi connectivity index (χ1v) is 9.14. The van der Waals surface area contributed by atoms with Crippen molar-refractivity contribution in [3.63, 3.8) is 0 Å². The molecule has 1 rings (SSSR count). The van der Waals surface area contributed by atoms with Crippen LogP contribution in [-0.2, 0) is 11.3 Å². The van der Waals surface area contributed by atoms with E-state index in [2.05, 4.69) is 5.32 Å². The highest BCUT2D eigenvalue weighted by Gasteiger charge is 2.20. The van der Waals surface area contributed by atoms with Gasteiger partial charge in [-0.1, -0.05) is 37.8 Å². The van der Waals surface area contributed by atoms with E-state index in [4.69, 9.17) is 21.1 Å². The van der Waals surface area contributed by atoms with Crippen molar-refractivity contribution >= 4 is 17.7 Å². The molecular formula is C19H30ClNO3. The fraction of sp³-hybridized carbons (Fsp3) is 0.632. The summed E-state index contributed by atoms with van der Waals surface area (Å²) in [5, 5.41) is 2.94. The summed E-state index contributed by atoms with van der Waals surface area (Å²) < 4.78 is 10.4. The molecule has 0 atom stereocenters. The monoisotopic (exact) mass is 355 g/mol. The second-order valence-corrected chi connectivity index (χ2v) is 7.02. The molecular weight excluding hydrogens is 326 g/mol. The van der Waals surface area contributed by atoms with Gasteiger partial charge in [-0.25, -0.2) is 4.79 Å². The van der Waals surface area contributed by atoms with E-state index in [1.165, 1.54) is 19.3 Å². The summed E-state index contributed by atoms with van der Waals surface area (Å²) in [7, 11) is 1.62. The molecule has 0 spiro atoms. The second-order valence-electron chi connectivity index (χ2n) is 6.64. The molecule has 1 aromatic rings. The average Bonchev–Trinajstić information content (AvgIpc) is 2.56. The van der Waals surface area contributed by atoms with Gasteiger partial charge < -0.3 is 14.8 Å². The van der Waals surface area contributed by atoms with Crippen LogP contribution < -0.4 is 10.1 Å². The Bertz CT molecular complexity index is 474. The number of hydrogen-bond donors (Lipinski definition) is 1. The first-order chi connectivity index (χ1) is 11.5. The third-order valence-corrected chi connectivity index (χ3v) is 4.17. The largest absolute Gasteiger partial charge is 0.497 e. The van der Waals surface area contributed by atoms with Gasteiger partial charge in [0.15, 0.2) is 0 Å². The third kappa shape index (κ3) is 9.02. The standard InChI is InChI=1S/C19H30ClNO3/c1-19(2,13-7-5-4-6-8-14-20)21-18(22)24-15-16-9-11-17(23-3)12-10-16/h9-12H,4-8,13-15H2,1-3H3,(H,21,22). The maximum Gasteiger partial charge on any atom is 0.407 e. The van der Waals surface area contributed by atoms with Crippen molar-refractivity contribution in [3.8, 4) is 5.75 Å². The van der Waals surface area contributed by atoms with Gasteiger partial charge in [0.25, 0.3) is 0 Å². The number of amides is 1. The molecule has 5 heteroatoms. The van der Waals surface area contributed by atoms with Crippen LogP contribution >= 0.6 is 11.6 Å². The number of carbonyl (C=O) groups excluding carboxylic acids is 1. The van der Waals surface area contributed by atoms with Gasteiger partial charge in [0.1, 0.15) is 12.4 Å². The van der Waals surface area contributed by atoms with Gasteiger partial charge in [-0.05, 0) is 44.4 Å². The van der Waals surface area contributed by atoms with Crippen LogP contribution in [0, 0.1) is 0 Å². The topological polar surface area (TPSA) is 47.6 Å². The minimum absolute atomic E-state index is 0.254. The summed E-state index contributed by atoms with van der Waals surface area (Å²) in [5.74, 6) is 1.53. The molecule has 0 aliphatic rings. The molecule has 1 N–H and O–H groups in total. The van der Waals surface area contributed by atoms with Crippen LogP contribution in [0.3, 0.4) is 0 Å². The highest BCUT2D eigenvalue weighted by atomic mass is 35.5. The average molecular weight is 356 g/mol. The van der Waals surface area contributed by atoms with E-state index in [-0.39, 0.29) is 18.2 Å². The van der Waals surface area contributed by atoms with E-state index in [9.17, 15) is 4.79 Å². The number of rotatable bonds is 11. The van der Waals surface area contributed by atoms with Gasteiger partial charge in [-0.15, -0.1) is 11.6 Å². The molecule has 0 saturated heterocycles. The molecule has 0 aliphatic heterocycles. The number of alkyl halides is 1. The Balaban J connectivity index is 2.23. The maximum absolute atomic E-state index is 12.0. The molecule has 4 nitrogen and oxygen atoms in total. The van der Waals surface area contributed by atoms with Gasteiger partial charge in [-0.2, -0.15) is 0 Å². The maximum atomic E-state index is 12.0. The molecule has 0 radical (unpaired) electrons. The highest BCUT2D eigenvalue weighted by Crippen LogP contribution is 2.16. The van der Waals surface area contributed by atoms with Crippen LogP contribution in [0.15, 0.2) is 24.3 Å². The Morgan fingerprint density at radius 2 is 1.71 bits per heavy atom. The van der Waals surface area contributed by atoms with Crippen molar-refractivity contribution in [1.82, 2.24) is 5.32 Å². The lowest BCUT2D eigenvalue weighted by molar-refractivity contribution is 0.128. The molecule has 1 amide bonds. The van der Waals surface area contributed by atoms with Crippen LogP contribution in [-0.4, -0.2) is 24.6 Å². The van der Waals surface area contributed by atoms with Crippen LogP contribution in [0.25, 0.3) is 0 Å². The summed E-state index contributed by atoms with van der Waals surface area (Å²) in [5.41, 5.74) is 0.673. The van der Waals surface area contributed by atoms with E-state index < -0.39 is 0 Å². The molecule has 1 aromatic carbocycles. The van der Waals surface area contributed by atoms with Gasteiger partial charge in [0, 0.05) is 11.4 Å². The zero-order valence-corrected chi connectivity index (χ0v) is 15.8. The van der Waals surface area contributed by atoms with Crippen molar-refractivity contribution in [2.45, 2.75) is 64.5 Å². The van der Waals surface area contributed by atoms with E-state index in [0.29, 0.717) is 0 Å². The zero-order valence-electron chi connectivity index (χ0n) is 15.1. The van der Waals surface area contributed by atoms with Crippen LogP contribution in [0.2, 0.25) is 0 Å². The molecule has 0 unspecified atom stereocenters. The number of carbonyl (C=O) groups is 1. The Morgan fingerprint density at radius 3 is 2.33 bits per heavy atom. The van der Waals surface area contributed by atoms with Gasteiger partial charge >= 0.3 is 6.09 Å². The Labute approximate surface area is 150 Å². The fourth-order valence-corrected chi connectivity index (χ4v) is 2.63. The van der Waals surface area contributed by atoms with Crippen molar-refractivity contribution < 1.29 is 14.3 Å². The number of ether oxygens (including phenoxy) is 2. The summed E-state index contributed by atoms with van der Waals surface area (Å²) in [6.45, 7) is 4.31. The fourth-order valence-electron chi connectivity index (χ4n) is 2.44. The molecule has 0 fully saturated rings. The number of halogens is 1. The zero-order chi connectivity index (χ0) is 17.8. The summed E-state index contributed by atoms with van der Waals surface area (Å²) in [4.78, 5) is 12.0. The normalized spacial score (nSPS) is 11.2. The van der Waals surface area contributed by atoms with Gasteiger partial charge in [-0.3, -0.25) is 0 Å². The van der Waals surface area contributed by atoms with E-state index in [0.717, 1.165) is 36.5 Å². The first-order valence-electron chi connectivity index (χ1n) is 8.61. The molecule has 0 heterocycles. The minimum Gasteiger partial charge on any atom is -0.497 e. The van der Waals surface area contributed by atoms with E-state index in [1.807, 2.05) is 38.1 Å². The number of benzene rings is 1. The van der Waals surface area contributed by atoms with Crippen molar-refractivity contribution in [1.29, 1.82) is 0 Å². The summed E-state index contributed by atoms with van der Waals surface area (Å²) >= 11 is 5.67. The van der Waals surface area contributed by atoms with E-state index in [1.54, 1.807) is 7.11 Å². The lowest BCUT2D eigenvalue weighted by Gasteiger charge is -2.25. The van der Waals surface area contributed by atoms with Crippen LogP contribution in [0.1, 0.15) is 57.9 Å². The van der Waals surface area contributed by atoms with Crippen molar-refractivity contribution in [2.24, 2.45) is 0 Å². The van der Waals surface area contributed by atoms with Gasteiger partial charge in [0.05, 0.1) is 7.11 Å². The minimum atomic E-state index is -0.377. The number of methoxy groups -OCH3 is 1. The lowest BCUT2D eigenvalue weighted by Crippen LogP contribution is -2.43. The number of unbranched alkanes of at least 4 members (excludes halogenated alkanes) is 4. The predicted molar refractivity (Wildman–Crippen MR) is 98.8 cm³/mol. The second kappa shape index (κ2) is 11.2. The smallest absolute Gasteiger partial charge is 0.407 e. The van der Waals surface area contributed by atoms with Crippen LogP contribution in [0.5, 0.6) is 5.75 Å². The molecule has 24 heavy (non-hydrogen) atoms. The highest BCUT2D eigenvalue weighted by molar-refractivity contribution is 6.17. The van der Waals surface area contributed by atoms with Crippen LogP contribution in [0.4, 0.5) is 4.79 Å². The molecule has 136 valence electrons. The molecule has 0 aromatic heterocycles. The summed E-state index contributed by atoms with van der Waals surface area (Å²) in [6.07, 6.45) is 6.29. The Kier molecular flexibility index (Phi) is 9.62. The lowest BCUT2D eigenvalue weighted by atomic mass is 9.96. The number of nitrogens with one attached hydrogen (secondary N) is 1. The quantitative estimate of drug-likeness (QED) is 0.434. The molecule has 0 aliphatic carbocycles. The third-order valence-electron chi connectivity index (χ3n) is 3.90. The molecule has 0 saturated carbocycles. The number of alkyl carbamates (subject to hydrolysis) is 1. The first kappa shape index (κ1) is 20.6. The predicted octanol–water partition coefficient (Wildman–Crippen LogP) is 5.28. The van der Waals surface area contributed by atoms with E-state index >= 15 is 0 Å². The Hall–Kier alpha value is -1.42. The Morgan fingerprint density at radius 1 is 1.08 bits per heavy atom. The SMILES string of the molecule is COc1ccc(COC(=O)NC(C)(C)CCCCCCCCl)cc1.